The Kier molecular flexibility index (Phi) is 5.52. The Bertz CT molecular complexity index is 389. The van der Waals surface area contributed by atoms with Gasteiger partial charge in [0.1, 0.15) is 5.75 Å². The quantitative estimate of drug-likeness (QED) is 0.707. The maximum Gasteiger partial charge on any atom is 0.120 e. The van der Waals surface area contributed by atoms with Gasteiger partial charge in [-0.1, -0.05) is 37.9 Å². The normalized spacial score (nSPS) is 21.6. The second kappa shape index (κ2) is 6.92. The second-order valence-electron chi connectivity index (χ2n) is 4.50. The summed E-state index contributed by atoms with van der Waals surface area (Å²) >= 11 is 7.44. The molecule has 1 saturated heterocycles. The first-order chi connectivity index (χ1) is 8.72. The van der Waals surface area contributed by atoms with Crippen LogP contribution in [0.4, 0.5) is 0 Å². The van der Waals surface area contributed by atoms with Crippen LogP contribution in [0.1, 0.15) is 30.2 Å². The number of benzene rings is 1. The van der Waals surface area contributed by atoms with Gasteiger partial charge in [0.2, 0.25) is 0 Å². The van der Waals surface area contributed by atoms with Crippen LogP contribution in [0.2, 0.25) is 0 Å². The fourth-order valence-electron chi connectivity index (χ4n) is 2.24. The van der Waals surface area contributed by atoms with E-state index in [4.69, 9.17) is 9.47 Å². The minimum Gasteiger partial charge on any atom is -0.494 e. The molecule has 2 nitrogen and oxygen atoms in total. The smallest absolute Gasteiger partial charge is 0.120 e. The van der Waals surface area contributed by atoms with E-state index < -0.39 is 0 Å². The van der Waals surface area contributed by atoms with Crippen molar-refractivity contribution in [1.29, 1.82) is 0 Å². The Balaban J connectivity index is 2.11. The zero-order valence-electron chi connectivity index (χ0n) is 10.5. The summed E-state index contributed by atoms with van der Waals surface area (Å²) in [5.41, 5.74) is 1.27. The molecule has 1 aromatic rings. The lowest BCUT2D eigenvalue weighted by Crippen LogP contribution is -2.21. The van der Waals surface area contributed by atoms with Gasteiger partial charge in [0.25, 0.3) is 0 Å². The van der Waals surface area contributed by atoms with Crippen molar-refractivity contribution in [3.8, 4) is 5.75 Å². The molecule has 1 aromatic carbocycles. The van der Waals surface area contributed by atoms with Gasteiger partial charge in [-0.05, 0) is 43.4 Å². The van der Waals surface area contributed by atoms with Gasteiger partial charge < -0.3 is 9.47 Å². The molecular weight excluding hydrogens is 360 g/mol. The molecular formula is C14H18Br2O2. The van der Waals surface area contributed by atoms with E-state index in [1.807, 2.05) is 19.1 Å². The standard InChI is InChI=1S/C14H18Br2O2/c1-2-18-11-5-6-12(13(15)8-11)14(16)10-4-3-7-17-9-10/h5-6,8,10,14H,2-4,7,9H2,1H3. The van der Waals surface area contributed by atoms with E-state index >= 15 is 0 Å². The van der Waals surface area contributed by atoms with Gasteiger partial charge in [-0.2, -0.15) is 0 Å². The fourth-order valence-corrected chi connectivity index (χ4v) is 3.97. The highest BCUT2D eigenvalue weighted by Crippen LogP contribution is 2.40. The van der Waals surface area contributed by atoms with Gasteiger partial charge >= 0.3 is 0 Å². The lowest BCUT2D eigenvalue weighted by Gasteiger charge is -2.27. The molecule has 0 aromatic heterocycles. The monoisotopic (exact) mass is 376 g/mol. The van der Waals surface area contributed by atoms with Crippen molar-refractivity contribution in [2.45, 2.75) is 24.6 Å². The first kappa shape index (κ1) is 14.4. The lowest BCUT2D eigenvalue weighted by atomic mass is 9.94. The summed E-state index contributed by atoms with van der Waals surface area (Å²) in [6, 6.07) is 6.20. The highest BCUT2D eigenvalue weighted by atomic mass is 79.9. The molecule has 1 fully saturated rings. The summed E-state index contributed by atoms with van der Waals surface area (Å²) < 4.78 is 12.2. The number of alkyl halides is 1. The fraction of sp³-hybridized carbons (Fsp3) is 0.571. The Morgan fingerprint density at radius 3 is 2.94 bits per heavy atom. The zero-order chi connectivity index (χ0) is 13.0. The van der Waals surface area contributed by atoms with Crippen LogP contribution in [0.3, 0.4) is 0 Å². The summed E-state index contributed by atoms with van der Waals surface area (Å²) in [6.45, 7) is 4.44. The van der Waals surface area contributed by atoms with E-state index in [2.05, 4.69) is 37.9 Å². The van der Waals surface area contributed by atoms with E-state index in [-0.39, 0.29) is 0 Å². The highest BCUT2D eigenvalue weighted by molar-refractivity contribution is 9.11. The van der Waals surface area contributed by atoms with Gasteiger partial charge in [-0.15, -0.1) is 0 Å². The molecule has 100 valence electrons. The number of ether oxygens (including phenoxy) is 2. The number of hydrogen-bond acceptors (Lipinski definition) is 2. The molecule has 0 saturated carbocycles. The third-order valence-electron chi connectivity index (χ3n) is 3.19. The topological polar surface area (TPSA) is 18.5 Å². The summed E-state index contributed by atoms with van der Waals surface area (Å²) in [6.07, 6.45) is 2.37. The van der Waals surface area contributed by atoms with Crippen LogP contribution >= 0.6 is 31.9 Å². The molecule has 0 spiro atoms. The second-order valence-corrected chi connectivity index (χ2v) is 6.34. The Labute approximate surface area is 125 Å². The summed E-state index contributed by atoms with van der Waals surface area (Å²) in [7, 11) is 0. The highest BCUT2D eigenvalue weighted by Gasteiger charge is 2.24. The maximum atomic E-state index is 5.56. The van der Waals surface area contributed by atoms with Gasteiger partial charge in [0.05, 0.1) is 13.2 Å². The number of halogens is 2. The van der Waals surface area contributed by atoms with Crippen molar-refractivity contribution in [2.75, 3.05) is 19.8 Å². The lowest BCUT2D eigenvalue weighted by molar-refractivity contribution is 0.0545. The Morgan fingerprint density at radius 2 is 2.33 bits per heavy atom. The Hall–Kier alpha value is -0.0600. The van der Waals surface area contributed by atoms with E-state index in [1.54, 1.807) is 0 Å². The molecule has 0 N–H and O–H groups in total. The third kappa shape index (κ3) is 3.49. The molecule has 0 bridgehead atoms. The van der Waals surface area contributed by atoms with Crippen LogP contribution in [-0.2, 0) is 4.74 Å². The molecule has 1 aliphatic rings. The SMILES string of the molecule is CCOc1ccc(C(Br)C2CCCOC2)c(Br)c1. The molecule has 2 unspecified atom stereocenters. The van der Waals surface area contributed by atoms with Crippen molar-refractivity contribution >= 4 is 31.9 Å². The van der Waals surface area contributed by atoms with E-state index in [9.17, 15) is 0 Å². The number of rotatable bonds is 4. The largest absolute Gasteiger partial charge is 0.494 e. The average molecular weight is 378 g/mol. The maximum absolute atomic E-state index is 5.56. The van der Waals surface area contributed by atoms with Gasteiger partial charge in [0, 0.05) is 15.9 Å². The van der Waals surface area contributed by atoms with Crippen molar-refractivity contribution in [1.82, 2.24) is 0 Å². The molecule has 2 rings (SSSR count). The van der Waals surface area contributed by atoms with Crippen molar-refractivity contribution in [3.63, 3.8) is 0 Å². The first-order valence-electron chi connectivity index (χ1n) is 6.36. The van der Waals surface area contributed by atoms with Crippen LogP contribution < -0.4 is 4.74 Å². The van der Waals surface area contributed by atoms with Gasteiger partial charge in [-0.25, -0.2) is 0 Å². The molecule has 1 aliphatic heterocycles. The van der Waals surface area contributed by atoms with Gasteiger partial charge in [0.15, 0.2) is 0 Å². The van der Waals surface area contributed by atoms with Crippen LogP contribution in [0.15, 0.2) is 22.7 Å². The zero-order valence-corrected chi connectivity index (χ0v) is 13.7. The minimum absolute atomic E-state index is 0.336. The molecule has 1 heterocycles. The van der Waals surface area contributed by atoms with Crippen LogP contribution in [-0.4, -0.2) is 19.8 Å². The minimum atomic E-state index is 0.336. The molecule has 0 radical (unpaired) electrons. The van der Waals surface area contributed by atoms with Gasteiger partial charge in [-0.3, -0.25) is 0 Å². The van der Waals surface area contributed by atoms with E-state index in [1.165, 1.54) is 12.0 Å². The van der Waals surface area contributed by atoms with Crippen molar-refractivity contribution in [3.05, 3.63) is 28.2 Å². The average Bonchev–Trinajstić information content (AvgIpc) is 2.40. The third-order valence-corrected chi connectivity index (χ3v) is 5.12. The molecule has 0 amide bonds. The molecule has 0 aliphatic carbocycles. The van der Waals surface area contributed by atoms with E-state index in [0.29, 0.717) is 17.4 Å². The van der Waals surface area contributed by atoms with E-state index in [0.717, 1.165) is 29.9 Å². The molecule has 4 heteroatoms. The van der Waals surface area contributed by atoms with Crippen LogP contribution in [0.5, 0.6) is 5.75 Å². The van der Waals surface area contributed by atoms with Crippen LogP contribution in [0.25, 0.3) is 0 Å². The predicted molar refractivity (Wildman–Crippen MR) is 80.5 cm³/mol. The summed E-state index contributed by atoms with van der Waals surface area (Å²) in [4.78, 5) is 0.336. The summed E-state index contributed by atoms with van der Waals surface area (Å²) in [5.74, 6) is 1.46. The molecule has 18 heavy (non-hydrogen) atoms. The predicted octanol–water partition coefficient (Wildman–Crippen LogP) is 4.71. The molecule has 2 atom stereocenters. The van der Waals surface area contributed by atoms with Crippen molar-refractivity contribution in [2.24, 2.45) is 5.92 Å². The first-order valence-corrected chi connectivity index (χ1v) is 8.07. The number of hydrogen-bond donors (Lipinski definition) is 0. The van der Waals surface area contributed by atoms with Crippen LogP contribution in [0, 0.1) is 5.92 Å². The summed E-state index contributed by atoms with van der Waals surface area (Å²) in [5, 5.41) is 0. The van der Waals surface area contributed by atoms with Crippen molar-refractivity contribution < 1.29 is 9.47 Å². The Morgan fingerprint density at radius 1 is 1.50 bits per heavy atom.